The summed E-state index contributed by atoms with van der Waals surface area (Å²) in [5, 5.41) is 43.7. The van der Waals surface area contributed by atoms with Crippen molar-refractivity contribution in [1.82, 2.24) is 25.6 Å². The molecular weight excluding hydrogens is 708 g/mol. The first-order valence-electron chi connectivity index (χ1n) is 15.9. The monoisotopic (exact) mass is 752 g/mol. The van der Waals surface area contributed by atoms with Crippen LogP contribution in [0.2, 0.25) is 0 Å². The summed E-state index contributed by atoms with van der Waals surface area (Å²) in [6.45, 7) is 0.382. The van der Waals surface area contributed by atoms with Crippen molar-refractivity contribution < 1.29 is 57.2 Å². The molecule has 1 aliphatic heterocycles. The normalized spacial score (nSPS) is 18.8. The Balaban J connectivity index is 2.36. The Labute approximate surface area is 299 Å². The highest BCUT2D eigenvalue weighted by atomic mass is 32.2. The number of nitrogens with one attached hydrogen (secondary N) is 4. The number of rotatable bonds is 16. The van der Waals surface area contributed by atoms with Crippen LogP contribution in [0.1, 0.15) is 30.5 Å². The summed E-state index contributed by atoms with van der Waals surface area (Å²) in [6.07, 6.45) is -0.837. The Kier molecular flexibility index (Phi) is 14.7. The van der Waals surface area contributed by atoms with Gasteiger partial charge in [-0.25, -0.2) is 9.93 Å². The number of carboxylic acids is 1. The molecule has 0 aromatic heterocycles. The van der Waals surface area contributed by atoms with Crippen LogP contribution in [0.5, 0.6) is 17.2 Å². The molecule has 0 fully saturated rings. The first-order valence-corrected chi connectivity index (χ1v) is 17.5. The number of ether oxygens (including phenoxy) is 2. The van der Waals surface area contributed by atoms with E-state index in [1.807, 2.05) is 4.72 Å². The van der Waals surface area contributed by atoms with E-state index in [-0.39, 0.29) is 67.3 Å². The quantitative estimate of drug-likeness (QED) is 0.0588. The second-order valence-electron chi connectivity index (χ2n) is 11.9. The number of hydrogen-bond donors (Lipinski definition) is 10. The lowest BCUT2D eigenvalue weighted by atomic mass is 9.93. The average molecular weight is 753 g/mol. The van der Waals surface area contributed by atoms with Gasteiger partial charge in [0.2, 0.25) is 24.1 Å². The van der Waals surface area contributed by atoms with Gasteiger partial charge in [-0.15, -0.1) is 0 Å². The van der Waals surface area contributed by atoms with Gasteiger partial charge in [-0.3, -0.25) is 19.2 Å². The molecule has 5 atom stereocenters. The zero-order valence-electron chi connectivity index (χ0n) is 28.4. The first-order chi connectivity index (χ1) is 24.5. The van der Waals surface area contributed by atoms with Gasteiger partial charge in [0, 0.05) is 37.7 Å². The third kappa shape index (κ3) is 11.0. The summed E-state index contributed by atoms with van der Waals surface area (Å²) in [4.78, 5) is 65.6. The molecule has 4 bridgehead atoms. The van der Waals surface area contributed by atoms with Crippen molar-refractivity contribution in [2.24, 2.45) is 16.6 Å². The second-order valence-corrected chi connectivity index (χ2v) is 13.2. The standard InChI is InChI=1S/C31H44N8O12S/c1-16-28(43)38-22(31(46)47)9-17-4-5-24(51-14-19(41)12-33)20(8-17)21-10-18(11-25(27(21)42)50-7-3-6-32)26(29(44)37-16)39(2)30(45)23(35-15-40)13-36-52(34,48)49/h4-5,8,10-11,15-16,19,22-23,26,36,41-42H,3,6-7,9,12-14,32-33H2,1-2H3,(H,35,40)(H,37,44)(H,38,43)(H,46,47)(H2,34,48,49)/t16-,19+,22-,23-,26-/m0/s1. The number of aliphatic carboxylic acids is 1. The van der Waals surface area contributed by atoms with Crippen LogP contribution >= 0.6 is 0 Å². The van der Waals surface area contributed by atoms with Gasteiger partial charge in [0.25, 0.3) is 10.2 Å². The minimum atomic E-state index is -4.33. The van der Waals surface area contributed by atoms with E-state index < -0.39 is 76.5 Å². The van der Waals surface area contributed by atoms with Crippen LogP contribution in [0.25, 0.3) is 11.1 Å². The molecule has 13 N–H and O–H groups in total. The van der Waals surface area contributed by atoms with E-state index in [2.05, 4.69) is 16.0 Å². The summed E-state index contributed by atoms with van der Waals surface area (Å²) in [5.41, 5.74) is 11.7. The summed E-state index contributed by atoms with van der Waals surface area (Å²) in [6, 6.07) is 0.981. The molecule has 0 aliphatic carbocycles. The van der Waals surface area contributed by atoms with Gasteiger partial charge in [-0.05, 0) is 55.3 Å². The van der Waals surface area contributed by atoms with Crippen molar-refractivity contribution in [2.75, 3.05) is 39.9 Å². The minimum absolute atomic E-state index is 0.000386. The fourth-order valence-corrected chi connectivity index (χ4v) is 5.57. The van der Waals surface area contributed by atoms with Crippen LogP contribution in [0, 0.1) is 0 Å². The lowest BCUT2D eigenvalue weighted by molar-refractivity contribution is -0.143. The molecule has 4 amide bonds. The number of benzene rings is 2. The predicted octanol–water partition coefficient (Wildman–Crippen LogP) is -3.48. The van der Waals surface area contributed by atoms with E-state index >= 15 is 0 Å². The van der Waals surface area contributed by atoms with Gasteiger partial charge in [0.1, 0.15) is 42.6 Å². The molecule has 2 aromatic carbocycles. The number of phenolic OH excluding ortho intramolecular Hbond substituents is 1. The number of hydrogen-bond acceptors (Lipinski definition) is 13. The average Bonchev–Trinajstić information content (AvgIpc) is 3.08. The number of nitrogens with two attached hydrogens (primary N) is 3. The molecule has 0 spiro atoms. The van der Waals surface area contributed by atoms with E-state index in [4.69, 9.17) is 26.1 Å². The molecule has 1 aliphatic rings. The zero-order valence-corrected chi connectivity index (χ0v) is 29.2. The Morgan fingerprint density at radius 3 is 2.42 bits per heavy atom. The van der Waals surface area contributed by atoms with Crippen molar-refractivity contribution in [3.63, 3.8) is 0 Å². The highest BCUT2D eigenvalue weighted by Gasteiger charge is 2.36. The molecule has 21 heteroatoms. The van der Waals surface area contributed by atoms with Crippen molar-refractivity contribution in [3.8, 4) is 28.4 Å². The predicted molar refractivity (Wildman–Crippen MR) is 184 cm³/mol. The Bertz CT molecular complexity index is 1740. The van der Waals surface area contributed by atoms with Crippen molar-refractivity contribution in [3.05, 3.63) is 41.5 Å². The topological polar surface area (TPSA) is 328 Å². The molecule has 0 saturated carbocycles. The van der Waals surface area contributed by atoms with E-state index in [0.29, 0.717) is 12.0 Å². The van der Waals surface area contributed by atoms with E-state index in [1.165, 1.54) is 44.3 Å². The molecular formula is C31H44N8O12S. The molecule has 0 unspecified atom stereocenters. The fraction of sp³-hybridized carbons (Fsp3) is 0.452. The summed E-state index contributed by atoms with van der Waals surface area (Å²) < 4.78 is 36.8. The number of amides is 4. The maximum atomic E-state index is 14.1. The number of fused-ring (bicyclic) bond motifs is 5. The third-order valence-corrected chi connectivity index (χ3v) is 8.47. The van der Waals surface area contributed by atoms with Gasteiger partial charge in [0.05, 0.1) is 6.61 Å². The van der Waals surface area contributed by atoms with Crippen molar-refractivity contribution >= 4 is 40.3 Å². The molecule has 20 nitrogen and oxygen atoms in total. The van der Waals surface area contributed by atoms with Crippen molar-refractivity contribution in [1.29, 1.82) is 0 Å². The highest BCUT2D eigenvalue weighted by molar-refractivity contribution is 7.87. The number of carbonyl (C=O) groups is 5. The molecule has 286 valence electrons. The number of aliphatic hydroxyl groups is 1. The molecule has 2 aromatic rings. The summed E-state index contributed by atoms with van der Waals surface area (Å²) >= 11 is 0. The van der Waals surface area contributed by atoms with E-state index in [0.717, 1.165) is 4.90 Å². The first kappa shape index (κ1) is 41.4. The van der Waals surface area contributed by atoms with E-state index in [9.17, 15) is 47.7 Å². The number of aromatic hydroxyl groups is 1. The maximum absolute atomic E-state index is 14.1. The largest absolute Gasteiger partial charge is 0.504 e. The zero-order chi connectivity index (χ0) is 38.7. The lowest BCUT2D eigenvalue weighted by Gasteiger charge is -2.32. The highest BCUT2D eigenvalue weighted by Crippen LogP contribution is 2.44. The Hall–Kier alpha value is -5.06. The number of phenols is 1. The Morgan fingerprint density at radius 2 is 1.81 bits per heavy atom. The SMILES string of the molecule is C[C@@H]1NC(=O)[C@@H](N(C)C(=O)[C@H](CNS(N)(=O)=O)NC=O)c2cc(OCCCN)c(O)c(c2)-c2cc(ccc2OC[C@H](O)CN)C[C@@H](C(=O)O)NC1=O. The summed E-state index contributed by atoms with van der Waals surface area (Å²) in [7, 11) is -3.16. The van der Waals surface area contributed by atoms with Crippen LogP contribution in [0.4, 0.5) is 0 Å². The van der Waals surface area contributed by atoms with Crippen molar-refractivity contribution in [2.45, 2.75) is 50.0 Å². The Morgan fingerprint density at radius 1 is 1.10 bits per heavy atom. The van der Waals surface area contributed by atoms with Crippen LogP contribution in [0.15, 0.2) is 30.3 Å². The van der Waals surface area contributed by atoms with E-state index in [1.54, 1.807) is 0 Å². The van der Waals surface area contributed by atoms with Gasteiger partial charge in [-0.2, -0.15) is 13.1 Å². The van der Waals surface area contributed by atoms with Gasteiger partial charge < -0.3 is 57.1 Å². The third-order valence-electron chi connectivity index (χ3n) is 7.90. The van der Waals surface area contributed by atoms with Gasteiger partial charge in [-0.1, -0.05) is 6.07 Å². The van der Waals surface area contributed by atoms with Gasteiger partial charge >= 0.3 is 5.97 Å². The van der Waals surface area contributed by atoms with Crippen LogP contribution in [0.3, 0.4) is 0 Å². The molecule has 0 saturated heterocycles. The van der Waals surface area contributed by atoms with Crippen LogP contribution in [-0.2, 0) is 40.6 Å². The number of nitrogens with zero attached hydrogens (tertiary/aromatic N) is 1. The number of carboxylic acid groups (broad SMARTS) is 1. The van der Waals surface area contributed by atoms with Crippen LogP contribution < -0.4 is 46.8 Å². The fourth-order valence-electron chi connectivity index (χ4n) is 5.18. The minimum Gasteiger partial charge on any atom is -0.504 e. The molecule has 0 radical (unpaired) electrons. The summed E-state index contributed by atoms with van der Waals surface area (Å²) in [5.74, 6) is -4.77. The molecule has 3 rings (SSSR count). The number of likely N-dealkylation sites (N-methyl/N-ethyl adjacent to an activating group) is 1. The lowest BCUT2D eigenvalue weighted by Crippen LogP contribution is -2.56. The number of carbonyl (C=O) groups excluding carboxylic acids is 4. The number of aliphatic hydroxyl groups excluding tert-OH is 1. The molecule has 1 heterocycles. The van der Waals surface area contributed by atoms with Gasteiger partial charge in [0.15, 0.2) is 11.5 Å². The van der Waals surface area contributed by atoms with Crippen LogP contribution in [-0.4, -0.2) is 123 Å². The smallest absolute Gasteiger partial charge is 0.326 e. The molecule has 52 heavy (non-hydrogen) atoms. The second kappa shape index (κ2) is 18.4. The maximum Gasteiger partial charge on any atom is 0.326 e.